The highest BCUT2D eigenvalue weighted by Gasteiger charge is 2.47. The van der Waals surface area contributed by atoms with Crippen LogP contribution in [-0.4, -0.2) is 69.3 Å². The molecule has 0 saturated carbocycles. The van der Waals surface area contributed by atoms with Crippen molar-refractivity contribution in [1.29, 1.82) is 0 Å². The number of hydrogen-bond donors (Lipinski definition) is 3. The molecule has 2 unspecified atom stereocenters. The fourth-order valence-electron chi connectivity index (χ4n) is 2.17. The molecule has 0 radical (unpaired) electrons. The van der Waals surface area contributed by atoms with Crippen LogP contribution < -0.4 is 5.73 Å². The number of aliphatic hydroxyl groups excluding tert-OH is 1. The Morgan fingerprint density at radius 1 is 1.58 bits per heavy atom. The molecule has 1 aliphatic heterocycles. The summed E-state index contributed by atoms with van der Waals surface area (Å²) in [5.41, 5.74) is 5.09. The maximum absolute atomic E-state index is 11.3. The minimum Gasteiger partial charge on any atom is -0.387 e. The molecule has 5 atom stereocenters. The predicted octanol–water partition coefficient (Wildman–Crippen LogP) is -1.20. The summed E-state index contributed by atoms with van der Waals surface area (Å²) in [6.45, 7) is 1.57. The zero-order valence-corrected chi connectivity index (χ0v) is 13.9. The number of ether oxygens (including phenoxy) is 2. The van der Waals surface area contributed by atoms with Crippen molar-refractivity contribution in [3.63, 3.8) is 0 Å². The lowest BCUT2D eigenvalue weighted by atomic mass is 10.1. The van der Waals surface area contributed by atoms with Gasteiger partial charge in [0.05, 0.1) is 6.61 Å². The fraction of sp³-hybridized carbons (Fsp3) is 0.727. The van der Waals surface area contributed by atoms with Crippen LogP contribution in [0.3, 0.4) is 0 Å². The van der Waals surface area contributed by atoms with Gasteiger partial charge in [-0.1, -0.05) is 0 Å². The quantitative estimate of drug-likeness (QED) is 0.475. The zero-order valence-electron chi connectivity index (χ0n) is 13.0. The molecule has 1 amide bonds. The topological polar surface area (TPSA) is 168 Å². The fourth-order valence-corrected chi connectivity index (χ4v) is 2.61. The van der Waals surface area contributed by atoms with E-state index in [9.17, 15) is 19.4 Å². The molecule has 2 rings (SSSR count). The van der Waals surface area contributed by atoms with Gasteiger partial charge in [0.25, 0.3) is 5.91 Å². The zero-order chi connectivity index (χ0) is 17.9. The molecule has 4 N–H and O–H groups in total. The van der Waals surface area contributed by atoms with Gasteiger partial charge in [-0.25, -0.2) is 14.2 Å². The number of aliphatic hydroxyl groups is 1. The van der Waals surface area contributed by atoms with Crippen LogP contribution in [0.4, 0.5) is 0 Å². The Kier molecular flexibility index (Phi) is 6.04. The number of phosphoric acid groups is 1. The molecule has 2 heterocycles. The normalized spacial score (nSPS) is 29.5. The summed E-state index contributed by atoms with van der Waals surface area (Å²) in [6, 6.07) is 0. The van der Waals surface area contributed by atoms with Gasteiger partial charge in [-0.15, -0.1) is 5.10 Å². The molecular weight excluding hydrogens is 347 g/mol. The van der Waals surface area contributed by atoms with Gasteiger partial charge in [0, 0.05) is 13.7 Å². The van der Waals surface area contributed by atoms with Gasteiger partial charge < -0.3 is 25.2 Å². The average Bonchev–Trinajstić information content (AvgIpc) is 3.13. The number of nitrogens with two attached hydrogens (primary N) is 1. The number of aromatic nitrogens is 3. The van der Waals surface area contributed by atoms with Crippen molar-refractivity contribution in [2.75, 3.05) is 20.3 Å². The molecule has 1 saturated heterocycles. The van der Waals surface area contributed by atoms with Crippen molar-refractivity contribution in [2.45, 2.75) is 31.5 Å². The second-order valence-electron chi connectivity index (χ2n) is 4.83. The molecule has 0 aliphatic carbocycles. The van der Waals surface area contributed by atoms with E-state index in [1.54, 1.807) is 6.92 Å². The Morgan fingerprint density at radius 2 is 2.29 bits per heavy atom. The van der Waals surface area contributed by atoms with Crippen molar-refractivity contribution < 1.29 is 37.9 Å². The number of hydrogen-bond acceptors (Lipinski definition) is 9. The van der Waals surface area contributed by atoms with Crippen molar-refractivity contribution in [3.05, 3.63) is 12.2 Å². The number of nitrogens with zero attached hydrogens (tertiary/aromatic N) is 3. The van der Waals surface area contributed by atoms with E-state index in [0.717, 1.165) is 7.11 Å². The van der Waals surface area contributed by atoms with Crippen LogP contribution >= 0.6 is 7.82 Å². The molecule has 1 aliphatic rings. The number of amides is 1. The maximum atomic E-state index is 11.3. The summed E-state index contributed by atoms with van der Waals surface area (Å²) in [6.07, 6.45) is -2.73. The van der Waals surface area contributed by atoms with E-state index in [4.69, 9.17) is 19.7 Å². The second kappa shape index (κ2) is 7.66. The summed E-state index contributed by atoms with van der Waals surface area (Å²) in [7, 11) is -3.20. The van der Waals surface area contributed by atoms with Crippen molar-refractivity contribution in [3.8, 4) is 0 Å². The number of phosphoric ester groups is 1. The second-order valence-corrected chi connectivity index (χ2v) is 6.40. The highest BCUT2D eigenvalue weighted by molar-refractivity contribution is 7.47. The van der Waals surface area contributed by atoms with Crippen molar-refractivity contribution in [2.24, 2.45) is 5.73 Å². The number of rotatable bonds is 8. The smallest absolute Gasteiger partial charge is 0.387 e. The number of carbonyl (C=O) groups excluding carboxylic acids is 1. The van der Waals surface area contributed by atoms with Crippen LogP contribution in [-0.2, 0) is 23.1 Å². The third-order valence-electron chi connectivity index (χ3n) is 3.29. The van der Waals surface area contributed by atoms with E-state index in [-0.39, 0.29) is 12.4 Å². The number of primary amides is 1. The average molecular weight is 366 g/mol. The van der Waals surface area contributed by atoms with Gasteiger partial charge in [-0.2, -0.15) is 0 Å². The molecule has 1 fully saturated rings. The SMILES string of the molecule is CCOC1[C@@H](O)[C@@H](COP(=O)(O)OC)O[C@H]1n1cnc(C(N)=O)n1. The molecule has 24 heavy (non-hydrogen) atoms. The lowest BCUT2D eigenvalue weighted by Crippen LogP contribution is -2.36. The van der Waals surface area contributed by atoms with Gasteiger partial charge in [0.15, 0.2) is 6.23 Å². The first kappa shape index (κ1) is 18.9. The van der Waals surface area contributed by atoms with Gasteiger partial charge in [0.1, 0.15) is 24.6 Å². The third-order valence-corrected chi connectivity index (χ3v) is 4.23. The van der Waals surface area contributed by atoms with Gasteiger partial charge in [0.2, 0.25) is 5.82 Å². The Morgan fingerprint density at radius 3 is 2.83 bits per heavy atom. The summed E-state index contributed by atoms with van der Waals surface area (Å²) < 4.78 is 32.6. The molecule has 0 aromatic carbocycles. The highest BCUT2D eigenvalue weighted by Crippen LogP contribution is 2.43. The molecule has 0 spiro atoms. The van der Waals surface area contributed by atoms with E-state index in [2.05, 4.69) is 14.6 Å². The first-order valence-corrected chi connectivity index (χ1v) is 8.47. The van der Waals surface area contributed by atoms with E-state index >= 15 is 0 Å². The highest BCUT2D eigenvalue weighted by atomic mass is 31.2. The molecule has 1 aromatic heterocycles. The van der Waals surface area contributed by atoms with Crippen LogP contribution in [0.5, 0.6) is 0 Å². The Bertz CT molecular complexity index is 625. The van der Waals surface area contributed by atoms with Crippen molar-refractivity contribution >= 4 is 13.7 Å². The van der Waals surface area contributed by atoms with Crippen LogP contribution in [0.2, 0.25) is 0 Å². The molecule has 136 valence electrons. The Labute approximate surface area is 137 Å². The minimum absolute atomic E-state index is 0.220. The van der Waals surface area contributed by atoms with E-state index in [1.807, 2.05) is 0 Å². The molecular formula is C11H19N4O8P. The van der Waals surface area contributed by atoms with Crippen LogP contribution in [0.1, 0.15) is 23.8 Å². The van der Waals surface area contributed by atoms with Gasteiger partial charge >= 0.3 is 7.82 Å². The van der Waals surface area contributed by atoms with E-state index in [0.29, 0.717) is 0 Å². The predicted molar refractivity (Wildman–Crippen MR) is 76.7 cm³/mol. The summed E-state index contributed by atoms with van der Waals surface area (Å²) >= 11 is 0. The molecule has 12 nitrogen and oxygen atoms in total. The largest absolute Gasteiger partial charge is 0.472 e. The lowest BCUT2D eigenvalue weighted by Gasteiger charge is -2.19. The third kappa shape index (κ3) is 4.16. The Hall–Kier alpha value is -1.40. The van der Waals surface area contributed by atoms with Crippen LogP contribution in [0, 0.1) is 0 Å². The van der Waals surface area contributed by atoms with E-state index in [1.165, 1.54) is 11.0 Å². The summed E-state index contributed by atoms with van der Waals surface area (Å²) in [5.74, 6) is -1.04. The lowest BCUT2D eigenvalue weighted by molar-refractivity contribution is -0.0753. The molecule has 1 aromatic rings. The summed E-state index contributed by atoms with van der Waals surface area (Å²) in [4.78, 5) is 24.1. The first-order chi connectivity index (χ1) is 11.3. The van der Waals surface area contributed by atoms with Gasteiger partial charge in [-0.05, 0) is 6.92 Å². The first-order valence-electron chi connectivity index (χ1n) is 6.98. The Balaban J connectivity index is 2.14. The summed E-state index contributed by atoms with van der Waals surface area (Å²) in [5, 5.41) is 14.2. The van der Waals surface area contributed by atoms with Crippen LogP contribution in [0.15, 0.2) is 6.33 Å². The molecule has 13 heteroatoms. The monoisotopic (exact) mass is 366 g/mol. The maximum Gasteiger partial charge on any atom is 0.472 e. The van der Waals surface area contributed by atoms with Gasteiger partial charge in [-0.3, -0.25) is 13.8 Å². The van der Waals surface area contributed by atoms with Crippen LogP contribution in [0.25, 0.3) is 0 Å². The minimum atomic E-state index is -4.22. The van der Waals surface area contributed by atoms with Crippen molar-refractivity contribution in [1.82, 2.24) is 14.8 Å². The molecule has 0 bridgehead atoms. The standard InChI is InChI=1S/C11H19N4O8P/c1-3-21-8-7(16)6(4-22-24(18,19)20-2)23-11(8)15-5-13-10(14-15)9(12)17/h5-8,11,16H,3-4H2,1-2H3,(H2,12,17)(H,18,19)/t6-,7+,8?,11-/m1/s1. The van der Waals surface area contributed by atoms with E-state index < -0.39 is 44.9 Å². The number of carbonyl (C=O) groups is 1.